The molecule has 5 heteroatoms. The summed E-state index contributed by atoms with van der Waals surface area (Å²) in [6.07, 6.45) is 0.410. The maximum Gasteiger partial charge on any atom is 0.309 e. The molecular formula is C23H22FN3S. The largest absolute Gasteiger partial charge is 0.309 e. The predicted molar refractivity (Wildman–Crippen MR) is 112 cm³/mol. The molecule has 0 aliphatic heterocycles. The molecule has 0 radical (unpaired) electrons. The van der Waals surface area contributed by atoms with Crippen molar-refractivity contribution in [2.45, 2.75) is 39.0 Å². The number of fused-ring (bicyclic) bond motifs is 1. The van der Waals surface area contributed by atoms with Crippen LogP contribution in [0.5, 0.6) is 0 Å². The van der Waals surface area contributed by atoms with Gasteiger partial charge in [-0.1, -0.05) is 57.2 Å². The Bertz CT molecular complexity index is 1110. The minimum atomic E-state index is -0.681. The van der Waals surface area contributed by atoms with E-state index in [0.717, 1.165) is 20.8 Å². The number of benzene rings is 2. The highest BCUT2D eigenvalue weighted by atomic mass is 32.1. The van der Waals surface area contributed by atoms with E-state index in [1.54, 1.807) is 11.3 Å². The molecule has 0 N–H and O–H groups in total. The third kappa shape index (κ3) is 4.25. The molecule has 0 atom stereocenters. The first kappa shape index (κ1) is 18.7. The standard InChI is InChI=1S/C23H22FN3S/c1-23(2,3)16-9-10-19-20(12-16)28-21(27-19)14-18-13-17(25-22(24)26-18)11-15-7-5-4-6-8-15/h4-10,12-13H,11,14H2,1-3H3. The van der Waals surface area contributed by atoms with Crippen molar-refractivity contribution in [3.05, 3.63) is 88.2 Å². The van der Waals surface area contributed by atoms with Gasteiger partial charge in [-0.2, -0.15) is 4.39 Å². The SMILES string of the molecule is CC(C)(C)c1ccc2nc(Cc3cc(Cc4ccccc4)nc(F)n3)sc2c1. The smallest absolute Gasteiger partial charge is 0.241 e. The molecule has 28 heavy (non-hydrogen) atoms. The van der Waals surface area contributed by atoms with E-state index in [1.165, 1.54) is 5.56 Å². The van der Waals surface area contributed by atoms with Crippen molar-refractivity contribution in [1.82, 2.24) is 15.0 Å². The van der Waals surface area contributed by atoms with Crippen LogP contribution in [0.15, 0.2) is 54.6 Å². The van der Waals surface area contributed by atoms with Gasteiger partial charge in [-0.3, -0.25) is 0 Å². The van der Waals surface area contributed by atoms with Gasteiger partial charge in [0.1, 0.15) is 0 Å². The summed E-state index contributed by atoms with van der Waals surface area (Å²) in [5.41, 5.74) is 4.81. The highest BCUT2D eigenvalue weighted by Crippen LogP contribution is 2.30. The number of hydrogen-bond donors (Lipinski definition) is 0. The lowest BCUT2D eigenvalue weighted by Crippen LogP contribution is -2.10. The van der Waals surface area contributed by atoms with Crippen LogP contribution in [0.25, 0.3) is 10.2 Å². The van der Waals surface area contributed by atoms with E-state index in [1.807, 2.05) is 36.4 Å². The van der Waals surface area contributed by atoms with E-state index in [2.05, 4.69) is 48.9 Å². The molecule has 2 heterocycles. The first-order chi connectivity index (χ1) is 13.4. The van der Waals surface area contributed by atoms with Crippen molar-refractivity contribution in [3.8, 4) is 0 Å². The summed E-state index contributed by atoms with van der Waals surface area (Å²) in [5, 5.41) is 0.935. The molecule has 4 aromatic rings. The van der Waals surface area contributed by atoms with Gasteiger partial charge in [0, 0.05) is 12.8 Å². The fourth-order valence-electron chi connectivity index (χ4n) is 3.17. The van der Waals surface area contributed by atoms with E-state index in [4.69, 9.17) is 4.98 Å². The molecule has 2 aromatic carbocycles. The number of halogens is 1. The van der Waals surface area contributed by atoms with Crippen LogP contribution in [-0.4, -0.2) is 15.0 Å². The lowest BCUT2D eigenvalue weighted by atomic mass is 9.87. The Morgan fingerprint density at radius 3 is 2.29 bits per heavy atom. The summed E-state index contributed by atoms with van der Waals surface area (Å²) in [4.78, 5) is 12.7. The van der Waals surface area contributed by atoms with Crippen molar-refractivity contribution >= 4 is 21.6 Å². The Balaban J connectivity index is 1.60. The second kappa shape index (κ2) is 7.40. The van der Waals surface area contributed by atoms with Gasteiger partial charge in [-0.25, -0.2) is 15.0 Å². The van der Waals surface area contributed by atoms with Crippen LogP contribution in [0.1, 0.15) is 48.3 Å². The van der Waals surface area contributed by atoms with Crippen LogP contribution in [0.2, 0.25) is 0 Å². The van der Waals surface area contributed by atoms with Gasteiger partial charge in [0.2, 0.25) is 0 Å². The molecule has 142 valence electrons. The summed E-state index contributed by atoms with van der Waals surface area (Å²) >= 11 is 1.64. The molecule has 2 aromatic heterocycles. The molecule has 0 fully saturated rings. The quantitative estimate of drug-likeness (QED) is 0.419. The number of aromatic nitrogens is 3. The van der Waals surface area contributed by atoms with Gasteiger partial charge in [0.05, 0.1) is 26.6 Å². The minimum absolute atomic E-state index is 0.0977. The zero-order chi connectivity index (χ0) is 19.7. The van der Waals surface area contributed by atoms with Crippen molar-refractivity contribution < 1.29 is 4.39 Å². The van der Waals surface area contributed by atoms with Crippen molar-refractivity contribution in [2.24, 2.45) is 0 Å². The van der Waals surface area contributed by atoms with E-state index in [-0.39, 0.29) is 5.41 Å². The zero-order valence-corrected chi connectivity index (χ0v) is 17.1. The topological polar surface area (TPSA) is 38.7 Å². The summed E-state index contributed by atoms with van der Waals surface area (Å²) in [5.74, 6) is 0. The molecule has 0 saturated heterocycles. The van der Waals surface area contributed by atoms with Gasteiger partial charge < -0.3 is 0 Å². The van der Waals surface area contributed by atoms with Crippen LogP contribution >= 0.6 is 11.3 Å². The van der Waals surface area contributed by atoms with E-state index < -0.39 is 6.08 Å². The third-order valence-corrected chi connectivity index (χ3v) is 5.68. The lowest BCUT2D eigenvalue weighted by molar-refractivity contribution is 0.527. The summed E-state index contributed by atoms with van der Waals surface area (Å²) < 4.78 is 15.1. The van der Waals surface area contributed by atoms with Crippen LogP contribution in [0, 0.1) is 6.08 Å². The summed E-state index contributed by atoms with van der Waals surface area (Å²) in [7, 11) is 0. The van der Waals surface area contributed by atoms with Gasteiger partial charge in [0.15, 0.2) is 0 Å². The molecule has 0 spiro atoms. The highest BCUT2D eigenvalue weighted by molar-refractivity contribution is 7.18. The second-order valence-electron chi connectivity index (χ2n) is 8.00. The molecule has 0 aliphatic carbocycles. The minimum Gasteiger partial charge on any atom is -0.241 e. The van der Waals surface area contributed by atoms with Gasteiger partial charge in [-0.05, 0) is 34.7 Å². The van der Waals surface area contributed by atoms with Crippen molar-refractivity contribution in [2.75, 3.05) is 0 Å². The molecule has 0 amide bonds. The molecule has 0 aliphatic rings. The van der Waals surface area contributed by atoms with Crippen LogP contribution in [-0.2, 0) is 18.3 Å². The number of rotatable bonds is 4. The lowest BCUT2D eigenvalue weighted by Gasteiger charge is -2.18. The van der Waals surface area contributed by atoms with E-state index in [9.17, 15) is 4.39 Å². The second-order valence-corrected chi connectivity index (χ2v) is 9.11. The molecule has 3 nitrogen and oxygen atoms in total. The fourth-order valence-corrected chi connectivity index (χ4v) is 4.20. The summed E-state index contributed by atoms with van der Waals surface area (Å²) in [6.45, 7) is 6.61. The maximum atomic E-state index is 14.0. The normalized spacial score (nSPS) is 11.9. The average molecular weight is 392 g/mol. The average Bonchev–Trinajstić information content (AvgIpc) is 3.02. The first-order valence-electron chi connectivity index (χ1n) is 9.33. The first-order valence-corrected chi connectivity index (χ1v) is 10.1. The summed E-state index contributed by atoms with van der Waals surface area (Å²) in [6, 6.07) is 18.2. The Morgan fingerprint density at radius 1 is 0.857 bits per heavy atom. The predicted octanol–water partition coefficient (Wildman–Crippen LogP) is 5.70. The van der Waals surface area contributed by atoms with Gasteiger partial charge in [-0.15, -0.1) is 11.3 Å². The van der Waals surface area contributed by atoms with Crippen LogP contribution < -0.4 is 0 Å². The Kier molecular flexibility index (Phi) is 4.94. The zero-order valence-electron chi connectivity index (χ0n) is 16.2. The Morgan fingerprint density at radius 2 is 1.57 bits per heavy atom. The Hall–Kier alpha value is -2.66. The number of hydrogen-bond acceptors (Lipinski definition) is 4. The Labute approximate surface area is 168 Å². The van der Waals surface area contributed by atoms with Crippen LogP contribution in [0.3, 0.4) is 0 Å². The van der Waals surface area contributed by atoms with Crippen LogP contribution in [0.4, 0.5) is 4.39 Å². The third-order valence-electron chi connectivity index (χ3n) is 4.66. The molecule has 0 saturated carbocycles. The number of thiazole rings is 1. The molecule has 0 bridgehead atoms. The highest BCUT2D eigenvalue weighted by Gasteiger charge is 2.15. The fraction of sp³-hybridized carbons (Fsp3) is 0.261. The van der Waals surface area contributed by atoms with E-state index >= 15 is 0 Å². The molecule has 0 unspecified atom stereocenters. The maximum absolute atomic E-state index is 14.0. The van der Waals surface area contributed by atoms with E-state index in [0.29, 0.717) is 24.2 Å². The van der Waals surface area contributed by atoms with Gasteiger partial charge in [0.25, 0.3) is 0 Å². The van der Waals surface area contributed by atoms with Gasteiger partial charge >= 0.3 is 6.08 Å². The van der Waals surface area contributed by atoms with Crippen molar-refractivity contribution in [3.63, 3.8) is 0 Å². The number of nitrogens with zero attached hydrogens (tertiary/aromatic N) is 3. The monoisotopic (exact) mass is 391 g/mol. The molecule has 4 rings (SSSR count). The van der Waals surface area contributed by atoms with Crippen molar-refractivity contribution in [1.29, 1.82) is 0 Å². The molecular weight excluding hydrogens is 369 g/mol.